The van der Waals surface area contributed by atoms with Gasteiger partial charge in [0.25, 0.3) is 0 Å². The summed E-state index contributed by atoms with van der Waals surface area (Å²) in [5, 5.41) is 12.5. The molecule has 3 aliphatic rings. The molecule has 5 rings (SSSR count). The molecule has 178 valence electrons. The Morgan fingerprint density at radius 2 is 1.76 bits per heavy atom. The molecule has 0 spiro atoms. The molecule has 0 aromatic heterocycles. The van der Waals surface area contributed by atoms with Crippen LogP contribution < -0.4 is 4.74 Å². The molecule has 1 N–H and O–H groups in total. The normalized spacial score (nSPS) is 30.3. The predicted molar refractivity (Wildman–Crippen MR) is 133 cm³/mol. The molecule has 2 unspecified atom stereocenters. The van der Waals surface area contributed by atoms with Crippen LogP contribution >= 0.6 is 11.6 Å². The Kier molecular flexibility index (Phi) is 6.85. The van der Waals surface area contributed by atoms with Crippen LogP contribution in [0.4, 0.5) is 0 Å². The average Bonchev–Trinajstić information content (AvgIpc) is 2.80. The summed E-state index contributed by atoms with van der Waals surface area (Å²) in [6.07, 6.45) is 11.0. The first-order valence-corrected chi connectivity index (χ1v) is 13.2. The first kappa shape index (κ1) is 23.0. The fraction of sp³-hybridized carbons (Fsp3) is 0.607. The Hall–Kier alpha value is -1.78. The number of hydrogen-bond acceptors (Lipinski definition) is 3. The summed E-state index contributed by atoms with van der Waals surface area (Å²) in [5.74, 6) is 0.832. The van der Waals surface area contributed by atoms with Gasteiger partial charge in [0.1, 0.15) is 5.75 Å². The smallest absolute Gasteiger partial charge is 0.306 e. The number of hydrogen-bond donors (Lipinski definition) is 1. The van der Waals surface area contributed by atoms with Crippen LogP contribution in [-0.2, 0) is 11.2 Å². The molecule has 2 aromatic rings. The van der Waals surface area contributed by atoms with Crippen LogP contribution in [0.1, 0.15) is 70.3 Å². The van der Waals surface area contributed by atoms with E-state index in [1.54, 1.807) is 0 Å². The van der Waals surface area contributed by atoms with Crippen molar-refractivity contribution in [3.8, 4) is 5.75 Å². The van der Waals surface area contributed by atoms with Gasteiger partial charge in [-0.25, -0.2) is 0 Å². The minimum absolute atomic E-state index is 0.165. The standard InChI is InChI=1S/C28H36ClNO3/c1-18-5-10-24(11-6-18)33-26-12-9-20-8-7-19(15-25(20)27(26)29)13-14-30-22-3-2-4-23(30)17-21(16-22)28(31)32/h7-9,12,15,18,21-24H,2-6,10-11,13-14,16-17H2,1H3,(H,31,32)/t18-,21?,22?,23?,24+. The number of fused-ring (bicyclic) bond motifs is 3. The number of ether oxygens (including phenoxy) is 1. The van der Waals surface area contributed by atoms with Crippen LogP contribution in [0.5, 0.6) is 5.75 Å². The minimum Gasteiger partial charge on any atom is -0.489 e. The van der Waals surface area contributed by atoms with Gasteiger partial charge in [0.05, 0.1) is 17.0 Å². The lowest BCUT2D eigenvalue weighted by atomic mass is 9.78. The van der Waals surface area contributed by atoms with Crippen molar-refractivity contribution in [2.45, 2.75) is 89.3 Å². The number of aliphatic carboxylic acids is 1. The van der Waals surface area contributed by atoms with E-state index < -0.39 is 5.97 Å². The topological polar surface area (TPSA) is 49.8 Å². The Labute approximate surface area is 202 Å². The third kappa shape index (κ3) is 5.02. The molecule has 1 aliphatic carbocycles. The molecular weight excluding hydrogens is 434 g/mol. The van der Waals surface area contributed by atoms with E-state index >= 15 is 0 Å². The lowest BCUT2D eigenvalue weighted by Crippen LogP contribution is -2.53. The number of piperidine rings is 2. The number of carboxylic acids is 1. The van der Waals surface area contributed by atoms with Crippen molar-refractivity contribution in [1.82, 2.24) is 4.90 Å². The molecular formula is C28H36ClNO3. The van der Waals surface area contributed by atoms with E-state index in [2.05, 4.69) is 36.1 Å². The molecule has 1 saturated carbocycles. The minimum atomic E-state index is -0.614. The van der Waals surface area contributed by atoms with E-state index in [1.165, 1.54) is 24.8 Å². The molecule has 2 saturated heterocycles. The van der Waals surface area contributed by atoms with Gasteiger partial charge in [0.15, 0.2) is 0 Å². The Morgan fingerprint density at radius 3 is 2.45 bits per heavy atom. The van der Waals surface area contributed by atoms with Crippen molar-refractivity contribution in [1.29, 1.82) is 0 Å². The van der Waals surface area contributed by atoms with Gasteiger partial charge in [-0.05, 0) is 86.8 Å². The van der Waals surface area contributed by atoms with Crippen molar-refractivity contribution in [3.63, 3.8) is 0 Å². The molecule has 4 nitrogen and oxygen atoms in total. The quantitative estimate of drug-likeness (QED) is 0.510. The van der Waals surface area contributed by atoms with E-state index in [0.717, 1.165) is 79.0 Å². The third-order valence-corrected chi connectivity index (χ3v) is 8.76. The SMILES string of the molecule is C[C@H]1CC[C@@H](Oc2ccc3ccc(CCN4C5CCCC4CC(C(=O)O)C5)cc3c2Cl)CC1. The Morgan fingerprint density at radius 1 is 1.06 bits per heavy atom. The van der Waals surface area contributed by atoms with Gasteiger partial charge in [0, 0.05) is 24.0 Å². The number of benzene rings is 2. The summed E-state index contributed by atoms with van der Waals surface area (Å²) in [6, 6.07) is 11.6. The largest absolute Gasteiger partial charge is 0.489 e. The number of nitrogens with zero attached hydrogens (tertiary/aromatic N) is 1. The van der Waals surface area contributed by atoms with Crippen molar-refractivity contribution in [2.24, 2.45) is 11.8 Å². The summed E-state index contributed by atoms with van der Waals surface area (Å²) >= 11 is 6.84. The Bertz CT molecular complexity index is 986. The third-order valence-electron chi connectivity index (χ3n) is 8.38. The van der Waals surface area contributed by atoms with Crippen molar-refractivity contribution in [3.05, 3.63) is 40.9 Å². The van der Waals surface area contributed by atoms with Gasteiger partial charge in [-0.2, -0.15) is 0 Å². The highest BCUT2D eigenvalue weighted by Gasteiger charge is 2.40. The van der Waals surface area contributed by atoms with E-state index in [9.17, 15) is 9.90 Å². The first-order valence-electron chi connectivity index (χ1n) is 12.8. The second kappa shape index (κ2) is 9.84. The van der Waals surface area contributed by atoms with Gasteiger partial charge < -0.3 is 9.84 Å². The molecule has 3 fully saturated rings. The highest BCUT2D eigenvalue weighted by atomic mass is 35.5. The zero-order valence-electron chi connectivity index (χ0n) is 19.6. The van der Waals surface area contributed by atoms with Gasteiger partial charge in [0.2, 0.25) is 0 Å². The summed E-state index contributed by atoms with van der Waals surface area (Å²) in [7, 11) is 0. The van der Waals surface area contributed by atoms with E-state index in [1.807, 2.05) is 6.07 Å². The van der Waals surface area contributed by atoms with Crippen LogP contribution in [0.2, 0.25) is 5.02 Å². The second-order valence-corrected chi connectivity index (χ2v) is 11.0. The second-order valence-electron chi connectivity index (χ2n) is 10.7. The van der Waals surface area contributed by atoms with Crippen molar-refractivity contribution < 1.29 is 14.6 Å². The van der Waals surface area contributed by atoms with Gasteiger partial charge in [-0.1, -0.05) is 43.1 Å². The lowest BCUT2D eigenvalue weighted by molar-refractivity contribution is -0.146. The van der Waals surface area contributed by atoms with Crippen LogP contribution in [0, 0.1) is 11.8 Å². The number of rotatable bonds is 6. The number of halogens is 1. The van der Waals surface area contributed by atoms with Crippen LogP contribution in [-0.4, -0.2) is 40.7 Å². The fourth-order valence-corrected chi connectivity index (χ4v) is 6.66. The highest BCUT2D eigenvalue weighted by molar-refractivity contribution is 6.37. The molecule has 2 atom stereocenters. The maximum atomic E-state index is 11.6. The summed E-state index contributed by atoms with van der Waals surface area (Å²) in [4.78, 5) is 14.1. The zero-order chi connectivity index (χ0) is 22.9. The maximum absolute atomic E-state index is 11.6. The maximum Gasteiger partial charge on any atom is 0.306 e. The Balaban J connectivity index is 1.28. The molecule has 2 aliphatic heterocycles. The van der Waals surface area contributed by atoms with Crippen molar-refractivity contribution >= 4 is 28.3 Å². The predicted octanol–water partition coefficient (Wildman–Crippen LogP) is 6.71. The molecule has 2 bridgehead atoms. The summed E-state index contributed by atoms with van der Waals surface area (Å²) < 4.78 is 6.33. The first-order chi connectivity index (χ1) is 16.0. The monoisotopic (exact) mass is 469 g/mol. The average molecular weight is 470 g/mol. The molecule has 0 amide bonds. The van der Waals surface area contributed by atoms with Gasteiger partial charge >= 0.3 is 5.97 Å². The van der Waals surface area contributed by atoms with Crippen molar-refractivity contribution in [2.75, 3.05) is 6.54 Å². The molecule has 5 heteroatoms. The van der Waals surface area contributed by atoms with Crippen LogP contribution in [0.25, 0.3) is 10.8 Å². The lowest BCUT2D eigenvalue weighted by Gasteiger charge is -2.48. The fourth-order valence-electron chi connectivity index (χ4n) is 6.39. The molecule has 33 heavy (non-hydrogen) atoms. The number of carbonyl (C=O) groups is 1. The molecule has 0 radical (unpaired) electrons. The molecule has 2 heterocycles. The van der Waals surface area contributed by atoms with E-state index in [-0.39, 0.29) is 12.0 Å². The summed E-state index contributed by atoms with van der Waals surface area (Å²) in [6.45, 7) is 3.31. The van der Waals surface area contributed by atoms with E-state index in [4.69, 9.17) is 16.3 Å². The molecule has 2 aromatic carbocycles. The van der Waals surface area contributed by atoms with E-state index in [0.29, 0.717) is 12.1 Å². The number of carboxylic acid groups (broad SMARTS) is 1. The highest BCUT2D eigenvalue weighted by Crippen LogP contribution is 2.38. The van der Waals surface area contributed by atoms with Crippen LogP contribution in [0.15, 0.2) is 30.3 Å². The van der Waals surface area contributed by atoms with Gasteiger partial charge in [-0.15, -0.1) is 0 Å². The zero-order valence-corrected chi connectivity index (χ0v) is 20.4. The summed E-state index contributed by atoms with van der Waals surface area (Å²) in [5.41, 5.74) is 1.28. The van der Waals surface area contributed by atoms with Gasteiger partial charge in [-0.3, -0.25) is 9.69 Å². The van der Waals surface area contributed by atoms with Crippen LogP contribution in [0.3, 0.4) is 0 Å².